The number of benzene rings is 1. The first-order valence-corrected chi connectivity index (χ1v) is 7.46. The minimum absolute atomic E-state index is 0.129. The van der Waals surface area contributed by atoms with Crippen molar-refractivity contribution in [3.63, 3.8) is 0 Å². The highest BCUT2D eigenvalue weighted by Crippen LogP contribution is 2.26. The van der Waals surface area contributed by atoms with Gasteiger partial charge in [0.25, 0.3) is 11.6 Å². The van der Waals surface area contributed by atoms with Crippen LogP contribution in [-0.2, 0) is 11.3 Å². The number of nitro groups is 1. The van der Waals surface area contributed by atoms with Crippen LogP contribution in [0, 0.1) is 17.0 Å². The topological polar surface area (TPSA) is 112 Å². The Morgan fingerprint density at radius 1 is 1.38 bits per heavy atom. The molecular formula is C15H18N4O5. The summed E-state index contributed by atoms with van der Waals surface area (Å²) in [5.74, 6) is -0.0904. The molecule has 0 aliphatic rings. The summed E-state index contributed by atoms with van der Waals surface area (Å²) < 4.78 is 10.0. The van der Waals surface area contributed by atoms with Gasteiger partial charge in [0.2, 0.25) is 0 Å². The van der Waals surface area contributed by atoms with E-state index >= 15 is 0 Å². The van der Waals surface area contributed by atoms with Crippen molar-refractivity contribution in [2.75, 3.05) is 18.0 Å². The van der Waals surface area contributed by atoms with Gasteiger partial charge < -0.3 is 14.2 Å². The van der Waals surface area contributed by atoms with Crippen LogP contribution in [0.3, 0.4) is 0 Å². The van der Waals surface area contributed by atoms with E-state index in [1.807, 2.05) is 18.7 Å². The molecule has 0 saturated heterocycles. The third-order valence-electron chi connectivity index (χ3n) is 3.41. The summed E-state index contributed by atoms with van der Waals surface area (Å²) in [6.45, 7) is 6.62. The summed E-state index contributed by atoms with van der Waals surface area (Å²) in [6.07, 6.45) is 0. The van der Waals surface area contributed by atoms with Crippen LogP contribution in [0.2, 0.25) is 0 Å². The fourth-order valence-corrected chi connectivity index (χ4v) is 2.24. The van der Waals surface area contributed by atoms with E-state index < -0.39 is 10.9 Å². The van der Waals surface area contributed by atoms with Gasteiger partial charge >= 0.3 is 5.97 Å². The second-order valence-corrected chi connectivity index (χ2v) is 4.94. The Balaban J connectivity index is 2.28. The fraction of sp³-hybridized carbons (Fsp3) is 0.400. The zero-order valence-electron chi connectivity index (χ0n) is 13.7. The quantitative estimate of drug-likeness (QED) is 0.431. The average Bonchev–Trinajstić information content (AvgIpc) is 2.99. The highest BCUT2D eigenvalue weighted by Gasteiger charge is 2.21. The van der Waals surface area contributed by atoms with Crippen molar-refractivity contribution in [3.8, 4) is 0 Å². The molecule has 0 aliphatic heterocycles. The number of hydrogen-bond donors (Lipinski definition) is 0. The van der Waals surface area contributed by atoms with E-state index in [0.717, 1.165) is 0 Å². The molecule has 0 unspecified atom stereocenters. The number of carbonyl (C=O) groups is 1. The van der Waals surface area contributed by atoms with E-state index in [0.29, 0.717) is 24.6 Å². The minimum Gasteiger partial charge on any atom is -0.452 e. The van der Waals surface area contributed by atoms with E-state index in [1.54, 1.807) is 13.0 Å². The highest BCUT2D eigenvalue weighted by molar-refractivity contribution is 5.96. The molecule has 0 atom stereocenters. The van der Waals surface area contributed by atoms with E-state index in [2.05, 4.69) is 10.1 Å². The number of non-ortho nitro benzene ring substituents is 1. The smallest absolute Gasteiger partial charge is 0.341 e. The summed E-state index contributed by atoms with van der Waals surface area (Å²) in [5, 5.41) is 14.6. The van der Waals surface area contributed by atoms with Gasteiger partial charge in [0.1, 0.15) is 0 Å². The standard InChI is InChI=1S/C15H18N4O5/c1-4-18(5-2)13-7-6-11(19(21)22)8-12(13)15(20)23-9-14-16-10(3)17-24-14/h6-8H,4-5,9H2,1-3H3. The number of aryl methyl sites for hydroxylation is 1. The number of anilines is 1. The van der Waals surface area contributed by atoms with Gasteiger partial charge in [-0.25, -0.2) is 4.79 Å². The van der Waals surface area contributed by atoms with Crippen LogP contribution in [0.5, 0.6) is 0 Å². The lowest BCUT2D eigenvalue weighted by atomic mass is 10.1. The van der Waals surface area contributed by atoms with Gasteiger partial charge in [-0.05, 0) is 26.8 Å². The van der Waals surface area contributed by atoms with Gasteiger partial charge in [-0.3, -0.25) is 10.1 Å². The Morgan fingerprint density at radius 2 is 2.08 bits per heavy atom. The van der Waals surface area contributed by atoms with Gasteiger partial charge in [-0.2, -0.15) is 4.98 Å². The molecule has 1 aromatic heterocycles. The number of aromatic nitrogens is 2. The second-order valence-electron chi connectivity index (χ2n) is 4.94. The van der Waals surface area contributed by atoms with Crippen LogP contribution in [0.15, 0.2) is 22.7 Å². The Bertz CT molecular complexity index is 739. The van der Waals surface area contributed by atoms with E-state index in [-0.39, 0.29) is 23.7 Å². The van der Waals surface area contributed by atoms with Crippen LogP contribution in [0.1, 0.15) is 35.9 Å². The Hall–Kier alpha value is -2.97. The third kappa shape index (κ3) is 3.86. The second kappa shape index (κ2) is 7.53. The van der Waals surface area contributed by atoms with Crippen molar-refractivity contribution in [2.24, 2.45) is 0 Å². The summed E-state index contributed by atoms with van der Waals surface area (Å²) in [5.41, 5.74) is 0.535. The van der Waals surface area contributed by atoms with E-state index in [1.165, 1.54) is 12.1 Å². The summed E-state index contributed by atoms with van der Waals surface area (Å²) in [6, 6.07) is 4.14. The molecule has 128 valence electrons. The average molecular weight is 334 g/mol. The number of rotatable bonds is 7. The maximum Gasteiger partial charge on any atom is 0.341 e. The van der Waals surface area contributed by atoms with Crippen LogP contribution in [0.4, 0.5) is 11.4 Å². The van der Waals surface area contributed by atoms with Crippen LogP contribution in [0.25, 0.3) is 0 Å². The molecular weight excluding hydrogens is 316 g/mol. The molecule has 1 heterocycles. The maximum absolute atomic E-state index is 12.4. The van der Waals surface area contributed by atoms with Crippen molar-refractivity contribution >= 4 is 17.3 Å². The first-order valence-electron chi connectivity index (χ1n) is 7.46. The van der Waals surface area contributed by atoms with E-state index in [4.69, 9.17) is 9.26 Å². The number of esters is 1. The fourth-order valence-electron chi connectivity index (χ4n) is 2.24. The van der Waals surface area contributed by atoms with Gasteiger partial charge in [0.15, 0.2) is 12.4 Å². The Morgan fingerprint density at radius 3 is 2.62 bits per heavy atom. The largest absolute Gasteiger partial charge is 0.452 e. The summed E-state index contributed by atoms with van der Waals surface area (Å²) >= 11 is 0. The van der Waals surface area contributed by atoms with Gasteiger partial charge in [-0.1, -0.05) is 5.16 Å². The van der Waals surface area contributed by atoms with Crippen molar-refractivity contribution in [1.29, 1.82) is 0 Å². The lowest BCUT2D eigenvalue weighted by Gasteiger charge is -2.23. The van der Waals surface area contributed by atoms with Gasteiger partial charge in [0.05, 0.1) is 16.2 Å². The maximum atomic E-state index is 12.4. The molecule has 2 aromatic rings. The van der Waals surface area contributed by atoms with Crippen molar-refractivity contribution in [3.05, 3.63) is 45.6 Å². The SMILES string of the molecule is CCN(CC)c1ccc([N+](=O)[O-])cc1C(=O)OCc1nc(C)no1. The highest BCUT2D eigenvalue weighted by atomic mass is 16.6. The molecule has 0 amide bonds. The molecule has 9 heteroatoms. The number of hydrogen-bond acceptors (Lipinski definition) is 8. The number of nitrogens with zero attached hydrogens (tertiary/aromatic N) is 4. The monoisotopic (exact) mass is 334 g/mol. The van der Waals surface area contributed by atoms with Gasteiger partial charge in [0, 0.05) is 25.2 Å². The van der Waals surface area contributed by atoms with Gasteiger partial charge in [-0.15, -0.1) is 0 Å². The lowest BCUT2D eigenvalue weighted by molar-refractivity contribution is -0.384. The van der Waals surface area contributed by atoms with E-state index in [9.17, 15) is 14.9 Å². The molecule has 0 aliphatic carbocycles. The molecule has 0 N–H and O–H groups in total. The molecule has 1 aromatic carbocycles. The van der Waals surface area contributed by atoms with Crippen molar-refractivity contribution in [1.82, 2.24) is 10.1 Å². The Labute approximate surface area is 138 Å². The van der Waals surface area contributed by atoms with Crippen LogP contribution < -0.4 is 4.90 Å². The Kier molecular flexibility index (Phi) is 5.46. The minimum atomic E-state index is -0.684. The predicted molar refractivity (Wildman–Crippen MR) is 84.8 cm³/mol. The van der Waals surface area contributed by atoms with Crippen LogP contribution >= 0.6 is 0 Å². The number of nitro benzene ring substituents is 1. The van der Waals surface area contributed by atoms with Crippen LogP contribution in [-0.4, -0.2) is 34.1 Å². The molecule has 0 radical (unpaired) electrons. The first-order chi connectivity index (χ1) is 11.5. The van der Waals surface area contributed by atoms with Crippen molar-refractivity contribution in [2.45, 2.75) is 27.4 Å². The zero-order valence-corrected chi connectivity index (χ0v) is 13.7. The first kappa shape index (κ1) is 17.4. The zero-order chi connectivity index (χ0) is 17.7. The number of carbonyl (C=O) groups excluding carboxylic acids is 1. The lowest BCUT2D eigenvalue weighted by Crippen LogP contribution is -2.24. The number of ether oxygens (including phenoxy) is 1. The molecule has 9 nitrogen and oxygen atoms in total. The summed E-state index contributed by atoms with van der Waals surface area (Å²) in [4.78, 5) is 28.7. The summed E-state index contributed by atoms with van der Waals surface area (Å²) in [7, 11) is 0. The molecule has 0 saturated carbocycles. The third-order valence-corrected chi connectivity index (χ3v) is 3.41. The molecule has 24 heavy (non-hydrogen) atoms. The molecule has 2 rings (SSSR count). The molecule has 0 fully saturated rings. The predicted octanol–water partition coefficient (Wildman–Crippen LogP) is 2.49. The molecule has 0 bridgehead atoms. The normalized spacial score (nSPS) is 10.5. The molecule has 0 spiro atoms. The van der Waals surface area contributed by atoms with Crippen molar-refractivity contribution < 1.29 is 19.0 Å².